The normalized spacial score (nSPS) is 11.4. The number of hydrogen-bond acceptors (Lipinski definition) is 5. The molecule has 0 atom stereocenters. The number of halogens is 4. The first-order chi connectivity index (χ1) is 12.7. The number of ether oxygens (including phenoxy) is 1. The van der Waals surface area contributed by atoms with Crippen LogP contribution in [0.2, 0.25) is 0 Å². The summed E-state index contributed by atoms with van der Waals surface area (Å²) in [4.78, 5) is 10.9. The zero-order valence-corrected chi connectivity index (χ0v) is 18.4. The second kappa shape index (κ2) is 9.70. The number of esters is 1. The number of hydrogen-bond donors (Lipinski definition) is 0. The van der Waals surface area contributed by atoms with E-state index in [1.54, 1.807) is 0 Å². The van der Waals surface area contributed by atoms with Crippen LogP contribution in [0.3, 0.4) is 0 Å². The maximum atomic E-state index is 10.9. The highest BCUT2D eigenvalue weighted by Crippen LogP contribution is 2.20. The van der Waals surface area contributed by atoms with Gasteiger partial charge in [-0.1, -0.05) is 17.7 Å². The average molecular weight is 530 g/mol. The van der Waals surface area contributed by atoms with E-state index in [0.717, 1.165) is 0 Å². The minimum absolute atomic E-state index is 0.202. The smallest absolute Gasteiger partial charge is 0.485 e. The molecule has 0 spiro atoms. The Morgan fingerprint density at radius 3 is 1.82 bits per heavy atom. The maximum absolute atomic E-state index is 10.9. The summed E-state index contributed by atoms with van der Waals surface area (Å²) in [6, 6.07) is 12.4. The van der Waals surface area contributed by atoms with Gasteiger partial charge in [0.1, 0.15) is 5.75 Å². The van der Waals surface area contributed by atoms with Crippen LogP contribution in [0.5, 0.6) is 5.75 Å². The molecule has 0 bridgehead atoms. The molecule has 154 valence electrons. The molecule has 0 heterocycles. The number of benzene rings is 2. The van der Waals surface area contributed by atoms with E-state index in [-0.39, 0.29) is 27.2 Å². The van der Waals surface area contributed by atoms with Crippen LogP contribution in [0.4, 0.5) is 13.2 Å². The van der Waals surface area contributed by atoms with Crippen LogP contribution < -0.4 is 25.9 Å². The van der Waals surface area contributed by atoms with Gasteiger partial charge in [0, 0.05) is 18.1 Å². The van der Waals surface area contributed by atoms with Gasteiger partial charge in [0.2, 0.25) is 0 Å². The topological polar surface area (TPSA) is 83.5 Å². The third-order valence-electron chi connectivity index (χ3n) is 3.14. The molecular formula is C18H18F3IO5S. The second-order valence-electron chi connectivity index (χ2n) is 5.75. The SMILES string of the molecule is CC(=O)Oc1ccc([I+]c2c(C)cc(C)cc2C)cc1.O=S(=O)([O-])C(F)(F)F. The Bertz CT molecular complexity index is 916. The summed E-state index contributed by atoms with van der Waals surface area (Å²) in [5, 5.41) is 0. The van der Waals surface area contributed by atoms with Crippen molar-refractivity contribution in [2.45, 2.75) is 33.2 Å². The highest BCUT2D eigenvalue weighted by atomic mass is 127. The second-order valence-corrected chi connectivity index (χ2v) is 9.99. The van der Waals surface area contributed by atoms with Crippen LogP contribution in [0.15, 0.2) is 36.4 Å². The van der Waals surface area contributed by atoms with Crippen LogP contribution in [0.1, 0.15) is 23.6 Å². The molecule has 0 fully saturated rings. The lowest BCUT2D eigenvalue weighted by molar-refractivity contribution is -0.598. The van der Waals surface area contributed by atoms with Crippen molar-refractivity contribution in [2.75, 3.05) is 0 Å². The predicted molar refractivity (Wildman–Crippen MR) is 91.6 cm³/mol. The zero-order chi connectivity index (χ0) is 21.7. The summed E-state index contributed by atoms with van der Waals surface area (Å²) in [7, 11) is -6.09. The largest absolute Gasteiger partial charge is 0.741 e. The molecule has 0 N–H and O–H groups in total. The summed E-state index contributed by atoms with van der Waals surface area (Å²) in [5.74, 6) is 0.334. The first-order valence-electron chi connectivity index (χ1n) is 7.74. The Morgan fingerprint density at radius 1 is 1.04 bits per heavy atom. The Balaban J connectivity index is 0.000000416. The quantitative estimate of drug-likeness (QED) is 0.192. The molecule has 2 rings (SSSR count). The van der Waals surface area contributed by atoms with E-state index in [9.17, 15) is 18.0 Å². The van der Waals surface area contributed by atoms with Gasteiger partial charge >= 0.3 is 32.7 Å². The number of alkyl halides is 3. The van der Waals surface area contributed by atoms with Crippen molar-refractivity contribution >= 4 is 16.1 Å². The van der Waals surface area contributed by atoms with Gasteiger partial charge < -0.3 is 9.29 Å². The lowest BCUT2D eigenvalue weighted by Crippen LogP contribution is -3.62. The van der Waals surface area contributed by atoms with Gasteiger partial charge in [-0.2, -0.15) is 13.2 Å². The Hall–Kier alpha value is -1.66. The summed E-state index contributed by atoms with van der Waals surface area (Å²) < 4.78 is 66.8. The number of carbonyl (C=O) groups is 1. The molecule has 2 aromatic rings. The Labute approximate surface area is 171 Å². The highest BCUT2D eigenvalue weighted by Gasteiger charge is 2.36. The van der Waals surface area contributed by atoms with E-state index in [2.05, 4.69) is 45.0 Å². The fourth-order valence-electron chi connectivity index (χ4n) is 2.15. The molecule has 28 heavy (non-hydrogen) atoms. The maximum Gasteiger partial charge on any atom is 0.485 e. The van der Waals surface area contributed by atoms with Gasteiger partial charge in [-0.3, -0.25) is 4.79 Å². The fourth-order valence-corrected chi connectivity index (χ4v) is 4.66. The van der Waals surface area contributed by atoms with Crippen LogP contribution in [0, 0.1) is 27.9 Å². The van der Waals surface area contributed by atoms with Gasteiger partial charge in [0.15, 0.2) is 17.3 Å². The molecule has 2 aromatic carbocycles. The van der Waals surface area contributed by atoms with Gasteiger partial charge in [0.05, 0.1) is 0 Å². The molecule has 0 aliphatic rings. The van der Waals surface area contributed by atoms with Crippen molar-refractivity contribution in [1.82, 2.24) is 0 Å². The molecule has 0 unspecified atom stereocenters. The molecule has 0 radical (unpaired) electrons. The standard InChI is InChI=1S/C17H18IO2.CHF3O3S/c1-11-9-12(2)17(13(3)10-11)18-15-5-7-16(8-6-15)20-14(4)19;2-1(3,4)8(5,6)7/h5-10H,1-4H3;(H,5,6,7)/q+1;/p-1. The number of rotatable bonds is 3. The summed E-state index contributed by atoms with van der Waals surface area (Å²) in [6.45, 7) is 7.92. The van der Waals surface area contributed by atoms with E-state index < -0.39 is 15.6 Å². The molecule has 0 saturated heterocycles. The molecular weight excluding hydrogens is 512 g/mol. The lowest BCUT2D eigenvalue weighted by atomic mass is 10.1. The van der Waals surface area contributed by atoms with E-state index >= 15 is 0 Å². The van der Waals surface area contributed by atoms with Crippen LogP contribution >= 0.6 is 0 Å². The fraction of sp³-hybridized carbons (Fsp3) is 0.278. The third-order valence-corrected chi connectivity index (χ3v) is 7.29. The van der Waals surface area contributed by atoms with E-state index in [0.29, 0.717) is 5.75 Å². The van der Waals surface area contributed by atoms with Gasteiger partial charge in [-0.05, 0) is 45.0 Å². The van der Waals surface area contributed by atoms with Crippen LogP contribution in [-0.4, -0.2) is 24.4 Å². The third kappa shape index (κ3) is 7.76. The molecule has 0 aliphatic carbocycles. The van der Waals surface area contributed by atoms with Crippen molar-refractivity contribution in [3.05, 3.63) is 60.2 Å². The van der Waals surface area contributed by atoms with Crippen LogP contribution in [-0.2, 0) is 14.9 Å². The summed E-state index contributed by atoms with van der Waals surface area (Å²) in [5.41, 5.74) is -1.58. The van der Waals surface area contributed by atoms with Crippen molar-refractivity contribution in [1.29, 1.82) is 0 Å². The molecule has 0 saturated carbocycles. The molecule has 5 nitrogen and oxygen atoms in total. The summed E-state index contributed by atoms with van der Waals surface area (Å²) >= 11 is -0.202. The first kappa shape index (κ1) is 24.4. The number of carbonyl (C=O) groups excluding carboxylic acids is 1. The Morgan fingerprint density at radius 2 is 1.46 bits per heavy atom. The van der Waals surface area contributed by atoms with Crippen molar-refractivity contribution < 1.29 is 56.9 Å². The van der Waals surface area contributed by atoms with Crippen molar-refractivity contribution in [2.24, 2.45) is 0 Å². The summed E-state index contributed by atoms with van der Waals surface area (Å²) in [6.07, 6.45) is 0. The lowest BCUT2D eigenvalue weighted by Gasteiger charge is -2.08. The van der Waals surface area contributed by atoms with Crippen LogP contribution in [0.25, 0.3) is 0 Å². The average Bonchev–Trinajstić information content (AvgIpc) is 2.50. The van der Waals surface area contributed by atoms with Gasteiger partial charge in [-0.25, -0.2) is 8.42 Å². The van der Waals surface area contributed by atoms with E-state index in [4.69, 9.17) is 17.7 Å². The Kier molecular flexibility index (Phi) is 8.45. The van der Waals surface area contributed by atoms with E-state index in [1.807, 2.05) is 12.1 Å². The monoisotopic (exact) mass is 530 g/mol. The molecule has 10 heteroatoms. The molecule has 0 aliphatic heterocycles. The zero-order valence-electron chi connectivity index (χ0n) is 15.4. The van der Waals surface area contributed by atoms with Crippen molar-refractivity contribution in [3.8, 4) is 5.75 Å². The minimum Gasteiger partial charge on any atom is -0.741 e. The minimum atomic E-state index is -6.09. The van der Waals surface area contributed by atoms with Gasteiger partial charge in [-0.15, -0.1) is 0 Å². The molecule has 0 amide bonds. The molecule has 0 aromatic heterocycles. The van der Waals surface area contributed by atoms with Crippen molar-refractivity contribution in [3.63, 3.8) is 0 Å². The predicted octanol–water partition coefficient (Wildman–Crippen LogP) is 0.717. The highest BCUT2D eigenvalue weighted by molar-refractivity contribution is 7.86. The van der Waals surface area contributed by atoms with Gasteiger partial charge in [0.25, 0.3) is 0 Å². The first-order valence-corrected chi connectivity index (χ1v) is 11.3. The number of aryl methyl sites for hydroxylation is 3. The van der Waals surface area contributed by atoms with E-state index in [1.165, 1.54) is 30.8 Å².